The second-order valence-electron chi connectivity index (χ2n) is 12.2. The number of carbonyl (C=O) groups is 2. The Hall–Kier alpha value is -2.70. The van der Waals surface area contributed by atoms with Crippen molar-refractivity contribution in [2.45, 2.75) is 128 Å². The minimum Gasteiger partial charge on any atom is -0.460 e. The van der Waals surface area contributed by atoms with Crippen molar-refractivity contribution < 1.29 is 28.5 Å². The van der Waals surface area contributed by atoms with Crippen LogP contribution in [0.15, 0.2) is 60.7 Å². The first-order valence-corrected chi connectivity index (χ1v) is 16.9. The Balaban J connectivity index is 1.64. The molecule has 1 saturated heterocycles. The van der Waals surface area contributed by atoms with Crippen LogP contribution in [0.5, 0.6) is 0 Å². The molecule has 2 aliphatic rings. The SMILES string of the molecule is CCCCCCCCCC(OC(=O)C1CCOCC1)OC(C(=O)OC1CCCCCC1)(c1ccccc1)c1ccccc1. The molecule has 0 amide bonds. The number of rotatable bonds is 16. The average Bonchev–Trinajstić information content (AvgIpc) is 3.32. The number of carbonyl (C=O) groups excluding carboxylic acids is 2. The van der Waals surface area contributed by atoms with Crippen molar-refractivity contribution in [1.82, 2.24) is 0 Å². The van der Waals surface area contributed by atoms with Crippen LogP contribution in [0.25, 0.3) is 0 Å². The molecule has 2 aromatic rings. The lowest BCUT2D eigenvalue weighted by molar-refractivity contribution is -0.226. The van der Waals surface area contributed by atoms with Gasteiger partial charge in [-0.15, -0.1) is 0 Å². The zero-order valence-electron chi connectivity index (χ0n) is 26.2. The van der Waals surface area contributed by atoms with E-state index in [2.05, 4.69) is 6.92 Å². The van der Waals surface area contributed by atoms with Crippen molar-refractivity contribution in [3.63, 3.8) is 0 Å². The van der Waals surface area contributed by atoms with Crippen LogP contribution in [-0.2, 0) is 34.1 Å². The van der Waals surface area contributed by atoms with Crippen LogP contribution in [0, 0.1) is 5.92 Å². The van der Waals surface area contributed by atoms with Crippen molar-refractivity contribution in [1.29, 1.82) is 0 Å². The van der Waals surface area contributed by atoms with Crippen molar-refractivity contribution >= 4 is 11.9 Å². The lowest BCUT2D eigenvalue weighted by Crippen LogP contribution is -2.46. The highest BCUT2D eigenvalue weighted by Gasteiger charge is 2.48. The lowest BCUT2D eigenvalue weighted by Gasteiger charge is -2.37. The Morgan fingerprint density at radius 1 is 0.767 bits per heavy atom. The Bertz CT molecular complexity index is 1020. The number of unbranched alkanes of at least 4 members (excludes halogenated alkanes) is 6. The largest absolute Gasteiger partial charge is 0.460 e. The second-order valence-corrected chi connectivity index (χ2v) is 12.2. The smallest absolute Gasteiger partial charge is 0.348 e. The molecular formula is C37H52O6. The maximum absolute atomic E-state index is 14.5. The quantitative estimate of drug-likeness (QED) is 0.0841. The first-order valence-electron chi connectivity index (χ1n) is 16.9. The highest BCUT2D eigenvalue weighted by Crippen LogP contribution is 2.39. The molecular weight excluding hydrogens is 540 g/mol. The van der Waals surface area contributed by atoms with E-state index < -0.39 is 17.9 Å². The molecule has 236 valence electrons. The molecule has 2 aromatic carbocycles. The van der Waals surface area contributed by atoms with Gasteiger partial charge in [0.1, 0.15) is 6.10 Å². The summed E-state index contributed by atoms with van der Waals surface area (Å²) in [6.07, 6.45) is 14.8. The standard InChI is InChI=1S/C37H52O6/c1-2-3-4-5-6-7-18-25-34(42-35(38)30-26-28-40-29-27-30)43-37(31-19-12-10-13-20-31,32-21-14-11-15-22-32)36(39)41-33-23-16-8-9-17-24-33/h10-15,19-22,30,33-34H,2-9,16-18,23-29H2,1H3. The lowest BCUT2D eigenvalue weighted by atomic mass is 9.85. The zero-order chi connectivity index (χ0) is 30.2. The molecule has 1 unspecified atom stereocenters. The summed E-state index contributed by atoms with van der Waals surface area (Å²) in [7, 11) is 0. The number of hydrogen-bond acceptors (Lipinski definition) is 6. The summed E-state index contributed by atoms with van der Waals surface area (Å²) in [4.78, 5) is 28.0. The fourth-order valence-corrected chi connectivity index (χ4v) is 6.29. The van der Waals surface area contributed by atoms with Gasteiger partial charge in [-0.05, 0) is 56.1 Å². The van der Waals surface area contributed by atoms with E-state index in [0.29, 0.717) is 43.6 Å². The normalized spacial score (nSPS) is 17.6. The van der Waals surface area contributed by atoms with E-state index in [0.717, 1.165) is 57.8 Å². The molecule has 1 aliphatic heterocycles. The molecule has 0 aromatic heterocycles. The van der Waals surface area contributed by atoms with Crippen molar-refractivity contribution in [2.24, 2.45) is 5.92 Å². The first-order chi connectivity index (χ1) is 21.1. The van der Waals surface area contributed by atoms with E-state index in [9.17, 15) is 9.59 Å². The summed E-state index contributed by atoms with van der Waals surface area (Å²) in [5, 5.41) is 0. The van der Waals surface area contributed by atoms with Crippen LogP contribution >= 0.6 is 0 Å². The Kier molecular flexibility index (Phi) is 14.0. The van der Waals surface area contributed by atoms with Crippen molar-refractivity contribution in [3.05, 3.63) is 71.8 Å². The Labute approximate surface area is 258 Å². The highest BCUT2D eigenvalue weighted by molar-refractivity contribution is 5.86. The molecule has 43 heavy (non-hydrogen) atoms. The summed E-state index contributed by atoms with van der Waals surface area (Å²) < 4.78 is 24.9. The fourth-order valence-electron chi connectivity index (χ4n) is 6.29. The van der Waals surface area contributed by atoms with Gasteiger partial charge >= 0.3 is 11.9 Å². The van der Waals surface area contributed by atoms with Crippen LogP contribution in [0.3, 0.4) is 0 Å². The van der Waals surface area contributed by atoms with Crippen LogP contribution < -0.4 is 0 Å². The van der Waals surface area contributed by atoms with Crippen LogP contribution in [0.2, 0.25) is 0 Å². The van der Waals surface area contributed by atoms with Crippen LogP contribution in [-0.4, -0.2) is 37.5 Å². The second kappa shape index (κ2) is 18.2. The van der Waals surface area contributed by atoms with Gasteiger partial charge in [-0.1, -0.05) is 119 Å². The summed E-state index contributed by atoms with van der Waals surface area (Å²) in [6, 6.07) is 19.1. The van der Waals surface area contributed by atoms with Crippen LogP contribution in [0.1, 0.15) is 121 Å². The minimum atomic E-state index is -1.57. The molecule has 6 heteroatoms. The molecule has 1 atom stereocenters. The molecule has 2 fully saturated rings. The Morgan fingerprint density at radius 2 is 1.33 bits per heavy atom. The molecule has 0 N–H and O–H groups in total. The predicted octanol–water partition coefficient (Wildman–Crippen LogP) is 8.65. The summed E-state index contributed by atoms with van der Waals surface area (Å²) >= 11 is 0. The summed E-state index contributed by atoms with van der Waals surface area (Å²) in [5.41, 5.74) is -0.227. The molecule has 1 saturated carbocycles. The third kappa shape index (κ3) is 9.90. The maximum Gasteiger partial charge on any atom is 0.348 e. The monoisotopic (exact) mass is 592 g/mol. The number of hydrogen-bond donors (Lipinski definition) is 0. The molecule has 6 nitrogen and oxygen atoms in total. The van der Waals surface area contributed by atoms with E-state index in [1.807, 2.05) is 60.7 Å². The van der Waals surface area contributed by atoms with Gasteiger partial charge in [-0.25, -0.2) is 4.79 Å². The molecule has 0 bridgehead atoms. The van der Waals surface area contributed by atoms with E-state index in [1.165, 1.54) is 25.7 Å². The Morgan fingerprint density at radius 3 is 1.91 bits per heavy atom. The van der Waals surface area contributed by atoms with Crippen molar-refractivity contribution in [2.75, 3.05) is 13.2 Å². The van der Waals surface area contributed by atoms with E-state index in [4.69, 9.17) is 18.9 Å². The minimum absolute atomic E-state index is 0.156. The molecule has 0 spiro atoms. The predicted molar refractivity (Wildman–Crippen MR) is 168 cm³/mol. The van der Waals surface area contributed by atoms with E-state index in [-0.39, 0.29) is 18.0 Å². The number of benzene rings is 2. The van der Waals surface area contributed by atoms with Gasteiger partial charge in [0.05, 0.1) is 5.92 Å². The molecule has 1 aliphatic carbocycles. The molecule has 4 rings (SSSR count). The molecule has 1 heterocycles. The van der Waals surface area contributed by atoms with E-state index in [1.54, 1.807) is 0 Å². The van der Waals surface area contributed by atoms with Gasteiger partial charge in [0.2, 0.25) is 11.9 Å². The zero-order valence-corrected chi connectivity index (χ0v) is 26.2. The van der Waals surface area contributed by atoms with Gasteiger partial charge < -0.3 is 18.9 Å². The number of esters is 2. The van der Waals surface area contributed by atoms with Gasteiger partial charge in [-0.2, -0.15) is 0 Å². The summed E-state index contributed by atoms with van der Waals surface area (Å²) in [6.45, 7) is 3.32. The van der Waals surface area contributed by atoms with Gasteiger partial charge in [0, 0.05) is 19.6 Å². The third-order valence-electron chi connectivity index (χ3n) is 8.88. The fraction of sp³-hybridized carbons (Fsp3) is 0.622. The van der Waals surface area contributed by atoms with Gasteiger partial charge in [0.25, 0.3) is 0 Å². The third-order valence-corrected chi connectivity index (χ3v) is 8.88. The topological polar surface area (TPSA) is 71.1 Å². The van der Waals surface area contributed by atoms with Crippen molar-refractivity contribution in [3.8, 4) is 0 Å². The maximum atomic E-state index is 14.5. The average molecular weight is 593 g/mol. The van der Waals surface area contributed by atoms with E-state index >= 15 is 0 Å². The summed E-state index contributed by atoms with van der Waals surface area (Å²) in [5.74, 6) is -0.943. The first kappa shape index (κ1) is 33.2. The number of ether oxygens (including phenoxy) is 4. The van der Waals surface area contributed by atoms with Crippen LogP contribution in [0.4, 0.5) is 0 Å². The van der Waals surface area contributed by atoms with Gasteiger partial charge in [-0.3, -0.25) is 4.79 Å². The van der Waals surface area contributed by atoms with Gasteiger partial charge in [0.15, 0.2) is 0 Å². The molecule has 0 radical (unpaired) electrons. The highest BCUT2D eigenvalue weighted by atomic mass is 16.7.